The molecule has 0 amide bonds. The van der Waals surface area contributed by atoms with E-state index in [1.807, 2.05) is 47.7 Å². The van der Waals surface area contributed by atoms with Crippen molar-refractivity contribution in [2.75, 3.05) is 0 Å². The first kappa shape index (κ1) is 16.0. The van der Waals surface area contributed by atoms with Crippen LogP contribution in [0, 0.1) is 13.8 Å². The summed E-state index contributed by atoms with van der Waals surface area (Å²) in [6, 6.07) is 15.2. The first-order chi connectivity index (χ1) is 13.0. The zero-order chi connectivity index (χ0) is 18.7. The Morgan fingerprint density at radius 3 is 2.59 bits per heavy atom. The van der Waals surface area contributed by atoms with Crippen LogP contribution in [0.25, 0.3) is 33.4 Å². The van der Waals surface area contributed by atoms with Crippen LogP contribution >= 0.6 is 11.6 Å². The lowest BCUT2D eigenvalue weighted by Crippen LogP contribution is -2.30. The van der Waals surface area contributed by atoms with Crippen molar-refractivity contribution >= 4 is 39.3 Å². The first-order valence-corrected chi connectivity index (χ1v) is 8.91. The van der Waals surface area contributed by atoms with Crippen LogP contribution in [-0.2, 0) is 0 Å². The fraction of sp³-hybridized carbons (Fsp3) is 0.100. The molecule has 0 radical (unpaired) electrons. The molecule has 3 heterocycles. The van der Waals surface area contributed by atoms with Gasteiger partial charge in [0.15, 0.2) is 5.39 Å². The fourth-order valence-corrected chi connectivity index (χ4v) is 3.63. The standard InChI is InChI=1S/C20H14ClN5O/c1-11-18(27)17-19-23-15-5-3-4-6-16(15)25(19)12(2)22-20(17)26(24-11)14-9-7-13(21)8-10-14/h3-10H,1-2H3/p+1. The average Bonchev–Trinajstić information content (AvgIpc) is 3.05. The van der Waals surface area contributed by atoms with Crippen LogP contribution in [0.4, 0.5) is 0 Å². The van der Waals surface area contributed by atoms with Crippen LogP contribution in [0.5, 0.6) is 0 Å². The molecule has 3 aromatic heterocycles. The highest BCUT2D eigenvalue weighted by Crippen LogP contribution is 2.20. The molecule has 0 fully saturated rings. The number of H-pyrrole nitrogens is 1. The summed E-state index contributed by atoms with van der Waals surface area (Å²) in [6.45, 7) is 3.64. The van der Waals surface area contributed by atoms with Crippen molar-refractivity contribution in [3.63, 3.8) is 0 Å². The van der Waals surface area contributed by atoms with E-state index in [-0.39, 0.29) is 5.43 Å². The Kier molecular flexibility index (Phi) is 3.32. The number of benzene rings is 2. The Bertz CT molecular complexity index is 1420. The molecule has 0 unspecified atom stereocenters. The van der Waals surface area contributed by atoms with Crippen molar-refractivity contribution in [1.29, 1.82) is 0 Å². The minimum absolute atomic E-state index is 0.133. The first-order valence-electron chi connectivity index (χ1n) is 8.53. The van der Waals surface area contributed by atoms with Crippen LogP contribution in [0.1, 0.15) is 11.5 Å². The largest absolute Gasteiger partial charge is 0.287 e. The summed E-state index contributed by atoms with van der Waals surface area (Å²) >= 11 is 6.02. The number of imidazole rings is 1. The van der Waals surface area contributed by atoms with Gasteiger partial charge >= 0.3 is 0 Å². The zero-order valence-corrected chi connectivity index (χ0v) is 15.4. The topological polar surface area (TPSA) is 67.7 Å². The van der Waals surface area contributed by atoms with Crippen molar-refractivity contribution in [2.45, 2.75) is 13.8 Å². The van der Waals surface area contributed by atoms with Gasteiger partial charge in [0.25, 0.3) is 0 Å². The van der Waals surface area contributed by atoms with Gasteiger partial charge in [0, 0.05) is 11.9 Å². The van der Waals surface area contributed by atoms with Crippen molar-refractivity contribution in [1.82, 2.24) is 19.7 Å². The summed E-state index contributed by atoms with van der Waals surface area (Å²) in [5.74, 6) is 0.766. The summed E-state index contributed by atoms with van der Waals surface area (Å²) in [7, 11) is 0. The number of nitrogens with zero attached hydrogens (tertiary/aromatic N) is 4. The number of fused-ring (bicyclic) bond motifs is 5. The van der Waals surface area contributed by atoms with Crippen LogP contribution in [0.3, 0.4) is 0 Å². The Balaban J connectivity index is 2.01. The molecular weight excluding hydrogens is 362 g/mol. The number of rotatable bonds is 1. The van der Waals surface area contributed by atoms with Gasteiger partial charge in [0.05, 0.1) is 5.69 Å². The average molecular weight is 377 g/mol. The Morgan fingerprint density at radius 1 is 1.07 bits per heavy atom. The molecule has 0 saturated heterocycles. The monoisotopic (exact) mass is 376 g/mol. The fourth-order valence-electron chi connectivity index (χ4n) is 3.50. The molecule has 27 heavy (non-hydrogen) atoms. The van der Waals surface area contributed by atoms with E-state index < -0.39 is 0 Å². The molecule has 7 heteroatoms. The predicted molar refractivity (Wildman–Crippen MR) is 105 cm³/mol. The van der Waals surface area contributed by atoms with Gasteiger partial charge in [-0.2, -0.15) is 14.2 Å². The van der Waals surface area contributed by atoms with E-state index in [0.717, 1.165) is 28.2 Å². The number of hydrogen-bond acceptors (Lipinski definition) is 3. The lowest BCUT2D eigenvalue weighted by Gasteiger charge is -2.08. The van der Waals surface area contributed by atoms with Crippen molar-refractivity contribution < 1.29 is 4.40 Å². The molecule has 0 atom stereocenters. The molecule has 6 nitrogen and oxygen atoms in total. The highest BCUT2D eigenvalue weighted by molar-refractivity contribution is 6.30. The molecule has 0 aliphatic rings. The van der Waals surface area contributed by atoms with Gasteiger partial charge < -0.3 is 0 Å². The third kappa shape index (κ3) is 2.27. The summed E-state index contributed by atoms with van der Waals surface area (Å²) < 4.78 is 3.67. The Morgan fingerprint density at radius 2 is 1.81 bits per heavy atom. The molecule has 5 aromatic rings. The van der Waals surface area contributed by atoms with E-state index in [2.05, 4.69) is 10.1 Å². The minimum atomic E-state index is -0.133. The van der Waals surface area contributed by atoms with E-state index in [0.29, 0.717) is 21.7 Å². The summed E-state index contributed by atoms with van der Waals surface area (Å²) in [4.78, 5) is 21.1. The van der Waals surface area contributed by atoms with Crippen LogP contribution in [0.2, 0.25) is 5.02 Å². The number of halogens is 1. The Hall–Kier alpha value is -3.25. The van der Waals surface area contributed by atoms with Gasteiger partial charge in [-0.3, -0.25) is 9.78 Å². The van der Waals surface area contributed by atoms with Crippen molar-refractivity contribution in [3.8, 4) is 5.69 Å². The SMILES string of the molecule is Cc1nn(-c2ccc(Cl)cc2)c2nc(C)[n+]3c4ccccc4[nH]c3c2c1=O. The van der Waals surface area contributed by atoms with Gasteiger partial charge in [-0.1, -0.05) is 28.7 Å². The molecule has 132 valence electrons. The maximum absolute atomic E-state index is 13.0. The van der Waals surface area contributed by atoms with Gasteiger partial charge in [-0.25, -0.2) is 0 Å². The number of aryl methyl sites for hydroxylation is 2. The smallest absolute Gasteiger partial charge is 0.248 e. The normalized spacial score (nSPS) is 11.7. The highest BCUT2D eigenvalue weighted by Gasteiger charge is 2.24. The molecule has 0 saturated carbocycles. The van der Waals surface area contributed by atoms with E-state index in [9.17, 15) is 4.79 Å². The van der Waals surface area contributed by atoms with Crippen molar-refractivity contribution in [3.05, 3.63) is 75.3 Å². The summed E-state index contributed by atoms with van der Waals surface area (Å²) in [5, 5.41) is 5.63. The van der Waals surface area contributed by atoms with E-state index in [4.69, 9.17) is 16.6 Å². The molecule has 1 N–H and O–H groups in total. The molecular formula is C20H15ClN5O+. The lowest BCUT2D eigenvalue weighted by molar-refractivity contribution is -0.492. The number of para-hydroxylation sites is 2. The lowest BCUT2D eigenvalue weighted by atomic mass is 10.2. The number of nitrogens with one attached hydrogen (secondary N) is 1. The van der Waals surface area contributed by atoms with Crippen molar-refractivity contribution in [2.24, 2.45) is 0 Å². The van der Waals surface area contributed by atoms with E-state index in [1.54, 1.807) is 23.7 Å². The molecule has 0 bridgehead atoms. The van der Waals surface area contributed by atoms with Crippen LogP contribution in [0.15, 0.2) is 53.3 Å². The quantitative estimate of drug-likeness (QED) is 0.456. The Labute approximate surface area is 158 Å². The summed E-state index contributed by atoms with van der Waals surface area (Å²) in [5.41, 5.74) is 4.22. The summed E-state index contributed by atoms with van der Waals surface area (Å²) in [6.07, 6.45) is 0. The predicted octanol–water partition coefficient (Wildman–Crippen LogP) is 3.27. The maximum Gasteiger partial charge on any atom is 0.248 e. The third-order valence-electron chi connectivity index (χ3n) is 4.75. The second-order valence-corrected chi connectivity index (χ2v) is 6.92. The molecule has 0 aliphatic heterocycles. The molecule has 0 spiro atoms. The zero-order valence-electron chi connectivity index (χ0n) is 14.7. The molecule has 2 aromatic carbocycles. The van der Waals surface area contributed by atoms with Gasteiger partial charge in [0.2, 0.25) is 22.5 Å². The third-order valence-corrected chi connectivity index (χ3v) is 5.00. The van der Waals surface area contributed by atoms with Crippen LogP contribution < -0.4 is 9.83 Å². The van der Waals surface area contributed by atoms with Gasteiger partial charge in [-0.15, -0.1) is 0 Å². The molecule has 5 rings (SSSR count). The maximum atomic E-state index is 13.0. The molecule has 0 aliphatic carbocycles. The number of hydrogen-bond donors (Lipinski definition) is 1. The van der Waals surface area contributed by atoms with E-state index in [1.165, 1.54) is 0 Å². The second-order valence-electron chi connectivity index (χ2n) is 6.49. The van der Waals surface area contributed by atoms with Crippen LogP contribution in [-0.4, -0.2) is 19.7 Å². The van der Waals surface area contributed by atoms with Gasteiger partial charge in [0.1, 0.15) is 16.7 Å². The second kappa shape index (κ2) is 5.62. The minimum Gasteiger partial charge on any atom is -0.287 e. The van der Waals surface area contributed by atoms with Gasteiger partial charge in [-0.05, 0) is 43.3 Å². The number of aromatic nitrogens is 5. The highest BCUT2D eigenvalue weighted by atomic mass is 35.5. The van der Waals surface area contributed by atoms with E-state index >= 15 is 0 Å². The number of aromatic amines is 1.